The highest BCUT2D eigenvalue weighted by Gasteiger charge is 2.09. The van der Waals surface area contributed by atoms with Crippen LogP contribution in [-0.2, 0) is 4.74 Å². The molecular formula is C5H9N3O2. The average molecular weight is 143 g/mol. The Kier molecular flexibility index (Phi) is 2.33. The molecule has 0 aromatic heterocycles. The Bertz CT molecular complexity index is 157. The van der Waals surface area contributed by atoms with Gasteiger partial charge in [-0.2, -0.15) is 0 Å². The Morgan fingerprint density at radius 3 is 3.10 bits per heavy atom. The Labute approximate surface area is 58.6 Å². The molecule has 1 aliphatic heterocycles. The van der Waals surface area contributed by atoms with E-state index in [1.165, 1.54) is 5.01 Å². The van der Waals surface area contributed by atoms with Gasteiger partial charge in [-0.25, -0.2) is 5.01 Å². The van der Waals surface area contributed by atoms with E-state index in [1.54, 1.807) is 7.05 Å². The van der Waals surface area contributed by atoms with Crippen molar-refractivity contribution >= 4 is 5.84 Å². The maximum Gasteiger partial charge on any atom is 0.149 e. The molecule has 10 heavy (non-hydrogen) atoms. The molecule has 1 aliphatic rings. The summed E-state index contributed by atoms with van der Waals surface area (Å²) < 4.78 is 5.03. The normalized spacial score (nSPS) is 17.9. The van der Waals surface area contributed by atoms with Crippen molar-refractivity contribution in [2.24, 2.45) is 10.3 Å². The van der Waals surface area contributed by atoms with Crippen LogP contribution >= 0.6 is 0 Å². The topological polar surface area (TPSA) is 54.3 Å². The summed E-state index contributed by atoms with van der Waals surface area (Å²) in [5.41, 5.74) is 0. The first-order valence-electron chi connectivity index (χ1n) is 3.02. The average Bonchev–Trinajstić information content (AvgIpc) is 2.05. The maximum atomic E-state index is 9.94. The SMILES string of the molecule is CN(N=O)C1=NCCOC1. The molecule has 0 saturated heterocycles. The van der Waals surface area contributed by atoms with Crippen molar-refractivity contribution < 1.29 is 4.74 Å². The van der Waals surface area contributed by atoms with Gasteiger partial charge >= 0.3 is 0 Å². The molecule has 5 nitrogen and oxygen atoms in total. The molecule has 5 heteroatoms. The Morgan fingerprint density at radius 1 is 1.80 bits per heavy atom. The minimum Gasteiger partial charge on any atom is -0.372 e. The van der Waals surface area contributed by atoms with Crippen LogP contribution < -0.4 is 0 Å². The van der Waals surface area contributed by atoms with E-state index < -0.39 is 0 Å². The van der Waals surface area contributed by atoms with Crippen LogP contribution in [0.15, 0.2) is 10.3 Å². The third kappa shape index (κ3) is 1.51. The maximum absolute atomic E-state index is 9.94. The third-order valence-electron chi connectivity index (χ3n) is 1.26. The Hall–Kier alpha value is -0.970. The first kappa shape index (κ1) is 7.14. The van der Waals surface area contributed by atoms with Gasteiger partial charge in [0.15, 0.2) is 0 Å². The van der Waals surface area contributed by atoms with Crippen LogP contribution in [0.4, 0.5) is 0 Å². The third-order valence-corrected chi connectivity index (χ3v) is 1.26. The van der Waals surface area contributed by atoms with Gasteiger partial charge in [0.05, 0.1) is 18.4 Å². The van der Waals surface area contributed by atoms with Crippen molar-refractivity contribution in [2.45, 2.75) is 0 Å². The molecule has 1 heterocycles. The number of hydrogen-bond donors (Lipinski definition) is 0. The minimum atomic E-state index is 0.391. The number of aliphatic imine (C=N–C) groups is 1. The summed E-state index contributed by atoms with van der Waals surface area (Å²) in [6.07, 6.45) is 0. The molecule has 1 rings (SSSR count). The molecule has 0 aromatic carbocycles. The highest BCUT2D eigenvalue weighted by Crippen LogP contribution is 1.95. The van der Waals surface area contributed by atoms with Crippen molar-refractivity contribution in [3.8, 4) is 0 Å². The second-order valence-electron chi connectivity index (χ2n) is 1.96. The molecule has 0 amide bonds. The lowest BCUT2D eigenvalue weighted by molar-refractivity contribution is 0.161. The van der Waals surface area contributed by atoms with Crippen molar-refractivity contribution in [1.82, 2.24) is 5.01 Å². The van der Waals surface area contributed by atoms with E-state index in [-0.39, 0.29) is 0 Å². The molecule has 0 N–H and O–H groups in total. The van der Waals surface area contributed by atoms with E-state index in [4.69, 9.17) is 4.74 Å². The zero-order valence-electron chi connectivity index (χ0n) is 5.78. The predicted octanol–water partition coefficient (Wildman–Crippen LogP) is 0.0283. The smallest absolute Gasteiger partial charge is 0.149 e. The van der Waals surface area contributed by atoms with Crippen molar-refractivity contribution in [1.29, 1.82) is 0 Å². The fraction of sp³-hybridized carbons (Fsp3) is 0.800. The first-order valence-corrected chi connectivity index (χ1v) is 3.02. The highest BCUT2D eigenvalue weighted by atomic mass is 16.5. The van der Waals surface area contributed by atoms with Gasteiger partial charge in [-0.3, -0.25) is 4.99 Å². The summed E-state index contributed by atoms with van der Waals surface area (Å²) in [5.74, 6) is 0.598. The number of hydrogen-bond acceptors (Lipinski definition) is 4. The van der Waals surface area contributed by atoms with Crippen LogP contribution in [0.5, 0.6) is 0 Å². The fourth-order valence-corrected chi connectivity index (χ4v) is 0.691. The van der Waals surface area contributed by atoms with Gasteiger partial charge in [-0.1, -0.05) is 0 Å². The first-order chi connectivity index (χ1) is 4.84. The lowest BCUT2D eigenvalue weighted by atomic mass is 10.5. The van der Waals surface area contributed by atoms with E-state index in [9.17, 15) is 4.91 Å². The summed E-state index contributed by atoms with van der Waals surface area (Å²) >= 11 is 0. The lowest BCUT2D eigenvalue weighted by Gasteiger charge is -2.15. The van der Waals surface area contributed by atoms with Gasteiger partial charge in [0.1, 0.15) is 12.4 Å². The second-order valence-corrected chi connectivity index (χ2v) is 1.96. The van der Waals surface area contributed by atoms with Crippen LogP contribution in [0.1, 0.15) is 0 Å². The summed E-state index contributed by atoms with van der Waals surface area (Å²) in [7, 11) is 1.56. The van der Waals surface area contributed by atoms with E-state index >= 15 is 0 Å². The molecule has 56 valence electrons. The van der Waals surface area contributed by atoms with Gasteiger partial charge in [0.2, 0.25) is 0 Å². The predicted molar refractivity (Wildman–Crippen MR) is 36.7 cm³/mol. The fourth-order valence-electron chi connectivity index (χ4n) is 0.691. The number of likely N-dealkylation sites (N-methyl/N-ethyl adjacent to an activating group) is 1. The van der Waals surface area contributed by atoms with Crippen molar-refractivity contribution in [3.63, 3.8) is 0 Å². The number of ether oxygens (including phenoxy) is 1. The van der Waals surface area contributed by atoms with Gasteiger partial charge in [-0.05, 0) is 0 Å². The van der Waals surface area contributed by atoms with E-state index in [0.29, 0.717) is 25.6 Å². The van der Waals surface area contributed by atoms with Gasteiger partial charge < -0.3 is 4.74 Å². The van der Waals surface area contributed by atoms with Crippen LogP contribution in [0, 0.1) is 4.91 Å². The summed E-state index contributed by atoms with van der Waals surface area (Å²) in [6.45, 7) is 1.65. The number of nitrogens with zero attached hydrogens (tertiary/aromatic N) is 3. The van der Waals surface area contributed by atoms with Crippen LogP contribution in [0.3, 0.4) is 0 Å². The van der Waals surface area contributed by atoms with Crippen LogP contribution in [0.2, 0.25) is 0 Å². The Morgan fingerprint density at radius 2 is 2.60 bits per heavy atom. The molecule has 0 spiro atoms. The molecule has 0 aromatic rings. The van der Waals surface area contributed by atoms with E-state index in [0.717, 1.165) is 0 Å². The van der Waals surface area contributed by atoms with Gasteiger partial charge in [0.25, 0.3) is 0 Å². The monoisotopic (exact) mass is 143 g/mol. The van der Waals surface area contributed by atoms with E-state index in [2.05, 4.69) is 10.3 Å². The molecule has 0 bridgehead atoms. The molecule has 0 atom stereocenters. The second kappa shape index (κ2) is 3.26. The molecule has 0 saturated carbocycles. The molecule has 0 aliphatic carbocycles. The molecule has 0 radical (unpaired) electrons. The zero-order chi connectivity index (χ0) is 7.40. The molecule has 0 fully saturated rings. The Balaban J connectivity index is 2.52. The standard InChI is InChI=1S/C5H9N3O2/c1-8(7-9)5-4-10-3-2-6-5/h2-4H2,1H3. The minimum absolute atomic E-state index is 0.391. The quantitative estimate of drug-likeness (QED) is 0.384. The van der Waals surface area contributed by atoms with Gasteiger partial charge in [-0.15, -0.1) is 4.91 Å². The van der Waals surface area contributed by atoms with Crippen molar-refractivity contribution in [2.75, 3.05) is 26.8 Å². The molecular weight excluding hydrogens is 134 g/mol. The van der Waals surface area contributed by atoms with Crippen molar-refractivity contribution in [3.05, 3.63) is 4.91 Å². The van der Waals surface area contributed by atoms with Gasteiger partial charge in [0, 0.05) is 7.05 Å². The van der Waals surface area contributed by atoms with Crippen LogP contribution in [0.25, 0.3) is 0 Å². The highest BCUT2D eigenvalue weighted by molar-refractivity contribution is 5.83. The van der Waals surface area contributed by atoms with E-state index in [1.807, 2.05) is 0 Å². The summed E-state index contributed by atoms with van der Waals surface area (Å²) in [5, 5.41) is 3.86. The summed E-state index contributed by atoms with van der Waals surface area (Å²) in [4.78, 5) is 14.0. The summed E-state index contributed by atoms with van der Waals surface area (Å²) in [6, 6.07) is 0. The number of amidine groups is 1. The number of nitroso groups, excluding NO2 is 1. The largest absolute Gasteiger partial charge is 0.372 e. The number of rotatable bonds is 1. The van der Waals surface area contributed by atoms with Crippen LogP contribution in [-0.4, -0.2) is 37.7 Å². The molecule has 0 unspecified atom stereocenters. The lowest BCUT2D eigenvalue weighted by Crippen LogP contribution is -2.29. The zero-order valence-corrected chi connectivity index (χ0v) is 5.78.